The van der Waals surface area contributed by atoms with Gasteiger partial charge in [-0.2, -0.15) is 0 Å². The number of anilines is 1. The van der Waals surface area contributed by atoms with Crippen LogP contribution in [0.25, 0.3) is 0 Å². The summed E-state index contributed by atoms with van der Waals surface area (Å²) in [5.41, 5.74) is 1.65. The molecule has 1 N–H and O–H groups in total. The number of rotatable bonds is 7. The molecule has 0 aliphatic heterocycles. The Labute approximate surface area is 158 Å². The number of hydrogen-bond donors (Lipinski definition) is 1. The summed E-state index contributed by atoms with van der Waals surface area (Å²) in [6, 6.07) is 14.5. The SMILES string of the molecule is CC(Oc1ccccc1Cl)C(=O)Nc1cccc(CCC(=O)N(C)C)c1. The summed E-state index contributed by atoms with van der Waals surface area (Å²) in [7, 11) is 3.47. The average Bonchev–Trinajstić information content (AvgIpc) is 2.61. The van der Waals surface area contributed by atoms with Gasteiger partial charge in [0.1, 0.15) is 5.75 Å². The zero-order valence-corrected chi connectivity index (χ0v) is 15.9. The first-order valence-corrected chi connectivity index (χ1v) is 8.75. The number of carbonyl (C=O) groups is 2. The molecule has 138 valence electrons. The molecule has 0 saturated heterocycles. The molecule has 0 aliphatic carbocycles. The van der Waals surface area contributed by atoms with Crippen molar-refractivity contribution in [3.63, 3.8) is 0 Å². The van der Waals surface area contributed by atoms with Crippen molar-refractivity contribution < 1.29 is 14.3 Å². The van der Waals surface area contributed by atoms with Crippen LogP contribution in [0.3, 0.4) is 0 Å². The van der Waals surface area contributed by atoms with Gasteiger partial charge in [0.15, 0.2) is 6.10 Å². The fraction of sp³-hybridized carbons (Fsp3) is 0.300. The van der Waals surface area contributed by atoms with Gasteiger partial charge in [-0.25, -0.2) is 0 Å². The van der Waals surface area contributed by atoms with E-state index < -0.39 is 6.10 Å². The smallest absolute Gasteiger partial charge is 0.265 e. The van der Waals surface area contributed by atoms with Gasteiger partial charge in [-0.05, 0) is 43.2 Å². The van der Waals surface area contributed by atoms with Crippen LogP contribution in [0.15, 0.2) is 48.5 Å². The third-order valence-corrected chi connectivity index (χ3v) is 4.14. The number of para-hydroxylation sites is 1. The number of amides is 2. The number of benzene rings is 2. The van der Waals surface area contributed by atoms with Crippen LogP contribution in [0, 0.1) is 0 Å². The van der Waals surface area contributed by atoms with Crippen molar-refractivity contribution in [3.8, 4) is 5.75 Å². The minimum absolute atomic E-state index is 0.0706. The molecule has 2 aromatic rings. The van der Waals surface area contributed by atoms with Crippen LogP contribution in [-0.4, -0.2) is 36.9 Å². The standard InChI is InChI=1S/C20H23ClN2O3/c1-14(26-18-10-5-4-9-17(18)21)20(25)22-16-8-6-7-15(13-16)11-12-19(24)23(2)3/h4-10,13-14H,11-12H2,1-3H3,(H,22,25). The maximum absolute atomic E-state index is 12.4. The molecular formula is C20H23ClN2O3. The number of nitrogens with one attached hydrogen (secondary N) is 1. The zero-order chi connectivity index (χ0) is 19.1. The molecule has 6 heteroatoms. The molecule has 0 aromatic heterocycles. The number of ether oxygens (including phenoxy) is 1. The lowest BCUT2D eigenvalue weighted by Crippen LogP contribution is -2.30. The van der Waals surface area contributed by atoms with Crippen LogP contribution in [-0.2, 0) is 16.0 Å². The minimum atomic E-state index is -0.700. The molecule has 26 heavy (non-hydrogen) atoms. The van der Waals surface area contributed by atoms with E-state index in [1.165, 1.54) is 0 Å². The summed E-state index contributed by atoms with van der Waals surface area (Å²) in [4.78, 5) is 25.6. The lowest BCUT2D eigenvalue weighted by Gasteiger charge is -2.16. The molecule has 0 heterocycles. The van der Waals surface area contributed by atoms with Crippen molar-refractivity contribution in [3.05, 3.63) is 59.1 Å². The van der Waals surface area contributed by atoms with Crippen molar-refractivity contribution in [2.24, 2.45) is 0 Å². The predicted octanol–water partition coefficient (Wildman–Crippen LogP) is 3.77. The first-order chi connectivity index (χ1) is 12.4. The summed E-state index contributed by atoms with van der Waals surface area (Å²) in [5, 5.41) is 3.29. The second-order valence-corrected chi connectivity index (χ2v) is 6.58. The highest BCUT2D eigenvalue weighted by molar-refractivity contribution is 6.32. The van der Waals surface area contributed by atoms with Crippen molar-refractivity contribution >= 4 is 29.1 Å². The molecule has 2 aromatic carbocycles. The lowest BCUT2D eigenvalue weighted by molar-refractivity contribution is -0.128. The van der Waals surface area contributed by atoms with Crippen LogP contribution >= 0.6 is 11.6 Å². The van der Waals surface area contributed by atoms with Gasteiger partial charge in [-0.1, -0.05) is 35.9 Å². The number of nitrogens with zero attached hydrogens (tertiary/aromatic N) is 1. The quantitative estimate of drug-likeness (QED) is 0.802. The predicted molar refractivity (Wildman–Crippen MR) is 104 cm³/mol. The normalized spacial score (nSPS) is 11.5. The average molecular weight is 375 g/mol. The molecule has 1 unspecified atom stereocenters. The van der Waals surface area contributed by atoms with Crippen LogP contribution in [0.5, 0.6) is 5.75 Å². The van der Waals surface area contributed by atoms with Gasteiger partial charge < -0.3 is 15.0 Å². The largest absolute Gasteiger partial charge is 0.479 e. The second-order valence-electron chi connectivity index (χ2n) is 6.17. The van der Waals surface area contributed by atoms with E-state index in [2.05, 4.69) is 5.32 Å². The van der Waals surface area contributed by atoms with Crippen molar-refractivity contribution in [1.82, 2.24) is 4.90 Å². The third-order valence-electron chi connectivity index (χ3n) is 3.83. The number of hydrogen-bond acceptors (Lipinski definition) is 3. The molecule has 5 nitrogen and oxygen atoms in total. The van der Waals surface area contributed by atoms with Gasteiger partial charge in [0.2, 0.25) is 5.91 Å². The van der Waals surface area contributed by atoms with Crippen LogP contribution in [0.2, 0.25) is 5.02 Å². The van der Waals surface area contributed by atoms with Gasteiger partial charge in [0, 0.05) is 26.2 Å². The minimum Gasteiger partial charge on any atom is -0.479 e. The number of carbonyl (C=O) groups excluding carboxylic acids is 2. The third kappa shape index (κ3) is 5.77. The number of aryl methyl sites for hydroxylation is 1. The monoisotopic (exact) mass is 374 g/mol. The lowest BCUT2D eigenvalue weighted by atomic mass is 10.1. The van der Waals surface area contributed by atoms with E-state index in [9.17, 15) is 9.59 Å². The molecule has 2 amide bonds. The summed E-state index contributed by atoms with van der Waals surface area (Å²) in [6.45, 7) is 1.66. The van der Waals surface area contributed by atoms with Gasteiger partial charge >= 0.3 is 0 Å². The zero-order valence-electron chi connectivity index (χ0n) is 15.2. The van der Waals surface area contributed by atoms with E-state index >= 15 is 0 Å². The first-order valence-electron chi connectivity index (χ1n) is 8.38. The van der Waals surface area contributed by atoms with Gasteiger partial charge in [-0.3, -0.25) is 9.59 Å². The van der Waals surface area contributed by atoms with Crippen molar-refractivity contribution in [1.29, 1.82) is 0 Å². The Balaban J connectivity index is 1.95. The fourth-order valence-corrected chi connectivity index (χ4v) is 2.49. The fourth-order valence-electron chi connectivity index (χ4n) is 2.31. The summed E-state index contributed by atoms with van der Waals surface area (Å²) in [6.07, 6.45) is 0.344. The Morgan fingerprint density at radius 2 is 1.88 bits per heavy atom. The summed E-state index contributed by atoms with van der Waals surface area (Å²) >= 11 is 6.05. The van der Waals surface area contributed by atoms with Crippen molar-refractivity contribution in [2.75, 3.05) is 19.4 Å². The molecule has 0 fully saturated rings. The Morgan fingerprint density at radius 3 is 2.58 bits per heavy atom. The topological polar surface area (TPSA) is 58.6 Å². The van der Waals surface area contributed by atoms with E-state index in [1.54, 1.807) is 56.3 Å². The molecule has 0 aliphatic rings. The maximum Gasteiger partial charge on any atom is 0.265 e. The molecule has 1 atom stereocenters. The highest BCUT2D eigenvalue weighted by atomic mass is 35.5. The molecule has 0 spiro atoms. The Kier molecular flexibility index (Phi) is 7.04. The summed E-state index contributed by atoms with van der Waals surface area (Å²) in [5.74, 6) is 0.264. The molecule has 0 bridgehead atoms. The van der Waals surface area contributed by atoms with E-state index in [1.807, 2.05) is 18.2 Å². The van der Waals surface area contributed by atoms with E-state index in [0.29, 0.717) is 29.3 Å². The van der Waals surface area contributed by atoms with Crippen LogP contribution in [0.1, 0.15) is 18.9 Å². The van der Waals surface area contributed by atoms with E-state index in [4.69, 9.17) is 16.3 Å². The summed E-state index contributed by atoms with van der Waals surface area (Å²) < 4.78 is 5.62. The molecule has 0 radical (unpaired) electrons. The van der Waals surface area contributed by atoms with Crippen LogP contribution < -0.4 is 10.1 Å². The molecule has 0 saturated carbocycles. The van der Waals surface area contributed by atoms with E-state index in [0.717, 1.165) is 5.56 Å². The second kappa shape index (κ2) is 9.25. The van der Waals surface area contributed by atoms with E-state index in [-0.39, 0.29) is 11.8 Å². The number of halogens is 1. The highest BCUT2D eigenvalue weighted by Crippen LogP contribution is 2.24. The Morgan fingerprint density at radius 1 is 1.15 bits per heavy atom. The maximum atomic E-state index is 12.4. The highest BCUT2D eigenvalue weighted by Gasteiger charge is 2.16. The molecular weight excluding hydrogens is 352 g/mol. The van der Waals surface area contributed by atoms with Gasteiger partial charge in [0.25, 0.3) is 5.91 Å². The van der Waals surface area contributed by atoms with Gasteiger partial charge in [-0.15, -0.1) is 0 Å². The first kappa shape index (κ1) is 19.8. The van der Waals surface area contributed by atoms with Crippen molar-refractivity contribution in [2.45, 2.75) is 25.9 Å². The van der Waals surface area contributed by atoms with Crippen LogP contribution in [0.4, 0.5) is 5.69 Å². The Hall–Kier alpha value is -2.53. The van der Waals surface area contributed by atoms with Gasteiger partial charge in [0.05, 0.1) is 5.02 Å². The molecule has 2 rings (SSSR count). The Bertz CT molecular complexity index is 777.